The van der Waals surface area contributed by atoms with Gasteiger partial charge in [0, 0.05) is 29.4 Å². The van der Waals surface area contributed by atoms with E-state index in [1.165, 1.54) is 0 Å². The Balaban J connectivity index is 1.50. The first kappa shape index (κ1) is 18.7. The lowest BCUT2D eigenvalue weighted by Crippen LogP contribution is -2.03. The minimum absolute atomic E-state index is 0.517. The van der Waals surface area contributed by atoms with Gasteiger partial charge >= 0.3 is 0 Å². The van der Waals surface area contributed by atoms with Crippen molar-refractivity contribution < 1.29 is 4.74 Å². The maximum absolute atomic E-state index is 8.86. The number of ether oxygens (including phenoxy) is 1. The molecule has 2 heterocycles. The summed E-state index contributed by atoms with van der Waals surface area (Å²) < 4.78 is 7.81. The van der Waals surface area contributed by atoms with Crippen LogP contribution in [0.5, 0.6) is 5.75 Å². The Morgan fingerprint density at radius 1 is 0.931 bits per heavy atom. The van der Waals surface area contributed by atoms with Gasteiger partial charge in [-0.2, -0.15) is 5.26 Å². The Labute approximate surface area is 172 Å². The van der Waals surface area contributed by atoms with Crippen molar-refractivity contribution in [2.45, 2.75) is 5.16 Å². The van der Waals surface area contributed by atoms with E-state index in [9.17, 15) is 0 Å². The van der Waals surface area contributed by atoms with Gasteiger partial charge in [-0.1, -0.05) is 30.0 Å². The molecule has 0 fully saturated rings. The molecule has 0 unspecified atom stereocenters. The third kappa shape index (κ3) is 4.45. The quantitative estimate of drug-likeness (QED) is 0.339. The molecule has 0 atom stereocenters. The van der Waals surface area contributed by atoms with Crippen molar-refractivity contribution in [3.63, 3.8) is 0 Å². The van der Waals surface area contributed by atoms with Gasteiger partial charge in [0.05, 0.1) is 18.2 Å². The van der Waals surface area contributed by atoms with Crippen LogP contribution in [0.1, 0.15) is 5.56 Å². The summed E-state index contributed by atoms with van der Waals surface area (Å²) >= 11 is 1.58. The van der Waals surface area contributed by atoms with Crippen LogP contribution < -0.4 is 4.74 Å². The third-order valence-electron chi connectivity index (χ3n) is 4.15. The summed E-state index contributed by atoms with van der Waals surface area (Å²) in [6.07, 6.45) is 3.50. The lowest BCUT2D eigenvalue weighted by Gasteiger charge is -2.10. The minimum atomic E-state index is 0.517. The van der Waals surface area contributed by atoms with Gasteiger partial charge in [-0.05, 0) is 48.5 Å². The highest BCUT2D eigenvalue weighted by Crippen LogP contribution is 2.27. The van der Waals surface area contributed by atoms with Crippen molar-refractivity contribution in [2.24, 2.45) is 0 Å². The predicted molar refractivity (Wildman–Crippen MR) is 112 cm³/mol. The van der Waals surface area contributed by atoms with E-state index in [0.717, 1.165) is 28.0 Å². The fourth-order valence-corrected chi connectivity index (χ4v) is 3.55. The van der Waals surface area contributed by atoms with Crippen LogP contribution in [0, 0.1) is 11.3 Å². The summed E-state index contributed by atoms with van der Waals surface area (Å²) in [5.74, 6) is 2.22. The number of hydrogen-bond acceptors (Lipinski definition) is 6. The summed E-state index contributed by atoms with van der Waals surface area (Å²) in [4.78, 5) is 4.08. The second kappa shape index (κ2) is 9.04. The van der Waals surface area contributed by atoms with E-state index >= 15 is 0 Å². The van der Waals surface area contributed by atoms with Crippen LogP contribution in [0.2, 0.25) is 0 Å². The molecule has 142 valence electrons. The largest absolute Gasteiger partial charge is 0.493 e. The van der Waals surface area contributed by atoms with Gasteiger partial charge in [0.1, 0.15) is 5.75 Å². The van der Waals surface area contributed by atoms with E-state index in [1.807, 2.05) is 47.0 Å². The molecule has 0 amide bonds. The molecule has 7 heteroatoms. The highest BCUT2D eigenvalue weighted by molar-refractivity contribution is 7.99. The van der Waals surface area contributed by atoms with Crippen LogP contribution in [0.25, 0.3) is 17.1 Å². The van der Waals surface area contributed by atoms with Crippen molar-refractivity contribution in [3.8, 4) is 28.9 Å². The Bertz CT molecular complexity index is 1110. The van der Waals surface area contributed by atoms with Gasteiger partial charge in [0.25, 0.3) is 0 Å². The Morgan fingerprint density at radius 2 is 1.69 bits per heavy atom. The number of thioether (sulfide) groups is 1. The van der Waals surface area contributed by atoms with E-state index in [0.29, 0.717) is 17.9 Å². The Hall–Kier alpha value is -3.63. The summed E-state index contributed by atoms with van der Waals surface area (Å²) in [5, 5.41) is 18.5. The van der Waals surface area contributed by atoms with Gasteiger partial charge < -0.3 is 4.74 Å². The number of pyridine rings is 1. The van der Waals surface area contributed by atoms with Gasteiger partial charge in [-0.3, -0.25) is 9.55 Å². The van der Waals surface area contributed by atoms with E-state index in [4.69, 9.17) is 10.00 Å². The predicted octanol–water partition coefficient (Wildman–Crippen LogP) is 4.37. The molecular formula is C22H17N5OS. The van der Waals surface area contributed by atoms with E-state index < -0.39 is 0 Å². The highest BCUT2D eigenvalue weighted by Gasteiger charge is 2.15. The third-order valence-corrected chi connectivity index (χ3v) is 5.05. The maximum Gasteiger partial charge on any atom is 0.196 e. The summed E-state index contributed by atoms with van der Waals surface area (Å²) in [6.45, 7) is 0.517. The molecule has 2 aromatic heterocycles. The van der Waals surface area contributed by atoms with Crippen LogP contribution in [0.3, 0.4) is 0 Å². The zero-order valence-electron chi connectivity index (χ0n) is 15.5. The van der Waals surface area contributed by atoms with E-state index in [2.05, 4.69) is 21.3 Å². The number of hydrogen-bond donors (Lipinski definition) is 0. The monoisotopic (exact) mass is 399 g/mol. The standard InChI is InChI=1S/C22H17N5OS/c23-16-17-6-8-20(9-7-17)28-14-15-29-22-26-25-21(18-10-12-24-13-11-18)27(22)19-4-2-1-3-5-19/h1-13H,14-15H2. The van der Waals surface area contributed by atoms with E-state index in [-0.39, 0.29) is 0 Å². The number of para-hydroxylation sites is 1. The van der Waals surface area contributed by atoms with Crippen molar-refractivity contribution in [2.75, 3.05) is 12.4 Å². The second-order valence-electron chi connectivity index (χ2n) is 6.05. The van der Waals surface area contributed by atoms with Crippen LogP contribution in [-0.4, -0.2) is 32.1 Å². The first-order valence-corrected chi connectivity index (χ1v) is 10.0. The number of nitrogens with zero attached hydrogens (tertiary/aromatic N) is 5. The molecule has 0 radical (unpaired) electrons. The average molecular weight is 399 g/mol. The second-order valence-corrected chi connectivity index (χ2v) is 7.11. The molecule has 4 rings (SSSR count). The van der Waals surface area contributed by atoms with Crippen LogP contribution in [0.4, 0.5) is 0 Å². The normalized spacial score (nSPS) is 10.4. The fraction of sp³-hybridized carbons (Fsp3) is 0.0909. The SMILES string of the molecule is N#Cc1ccc(OCCSc2nnc(-c3ccncc3)n2-c2ccccc2)cc1. The lowest BCUT2D eigenvalue weighted by atomic mass is 10.2. The molecule has 2 aromatic carbocycles. The first-order valence-electron chi connectivity index (χ1n) is 9.02. The number of aromatic nitrogens is 4. The summed E-state index contributed by atoms with van der Waals surface area (Å²) in [5.41, 5.74) is 2.57. The fourth-order valence-electron chi connectivity index (χ4n) is 2.78. The van der Waals surface area contributed by atoms with Gasteiger partial charge in [-0.15, -0.1) is 10.2 Å². The molecule has 0 N–H and O–H groups in total. The number of benzene rings is 2. The molecule has 0 spiro atoms. The molecular weight excluding hydrogens is 382 g/mol. The number of rotatable bonds is 7. The summed E-state index contributed by atoms with van der Waals surface area (Å²) in [6, 6.07) is 23.1. The lowest BCUT2D eigenvalue weighted by molar-refractivity contribution is 0.344. The van der Waals surface area contributed by atoms with Gasteiger partial charge in [0.2, 0.25) is 0 Å². The molecule has 0 bridgehead atoms. The molecule has 0 saturated heterocycles. The van der Waals surface area contributed by atoms with Crippen molar-refractivity contribution in [1.29, 1.82) is 5.26 Å². The minimum Gasteiger partial charge on any atom is -0.493 e. The zero-order valence-corrected chi connectivity index (χ0v) is 16.3. The van der Waals surface area contributed by atoms with Crippen LogP contribution in [-0.2, 0) is 0 Å². The Morgan fingerprint density at radius 3 is 2.41 bits per heavy atom. The van der Waals surface area contributed by atoms with E-state index in [1.54, 1.807) is 48.4 Å². The smallest absolute Gasteiger partial charge is 0.196 e. The molecule has 0 saturated carbocycles. The molecule has 0 aliphatic rings. The summed E-state index contributed by atoms with van der Waals surface area (Å²) in [7, 11) is 0. The molecule has 29 heavy (non-hydrogen) atoms. The number of nitriles is 1. The Kier molecular flexibility index (Phi) is 5.84. The van der Waals surface area contributed by atoms with Crippen LogP contribution >= 0.6 is 11.8 Å². The maximum atomic E-state index is 8.86. The van der Waals surface area contributed by atoms with Crippen LogP contribution in [0.15, 0.2) is 84.3 Å². The highest BCUT2D eigenvalue weighted by atomic mass is 32.2. The van der Waals surface area contributed by atoms with Crippen molar-refractivity contribution in [3.05, 3.63) is 84.7 Å². The van der Waals surface area contributed by atoms with Gasteiger partial charge in [-0.25, -0.2) is 0 Å². The van der Waals surface area contributed by atoms with Crippen molar-refractivity contribution >= 4 is 11.8 Å². The zero-order chi connectivity index (χ0) is 19.9. The van der Waals surface area contributed by atoms with Gasteiger partial charge in [0.15, 0.2) is 11.0 Å². The van der Waals surface area contributed by atoms with Crippen molar-refractivity contribution in [1.82, 2.24) is 19.7 Å². The first-order chi connectivity index (χ1) is 14.3. The topological polar surface area (TPSA) is 76.6 Å². The molecule has 0 aliphatic carbocycles. The molecule has 6 nitrogen and oxygen atoms in total. The average Bonchev–Trinajstić information content (AvgIpc) is 3.22. The molecule has 0 aliphatic heterocycles. The molecule has 4 aromatic rings.